The van der Waals surface area contributed by atoms with E-state index >= 15 is 0 Å². The van der Waals surface area contributed by atoms with E-state index in [0.717, 1.165) is 0 Å². The van der Waals surface area contributed by atoms with E-state index in [9.17, 15) is 19.1 Å². The molecule has 120 valence electrons. The second-order valence-electron chi connectivity index (χ2n) is 4.73. The lowest BCUT2D eigenvalue weighted by atomic mass is 10.2. The summed E-state index contributed by atoms with van der Waals surface area (Å²) in [6, 6.07) is 8.86. The van der Waals surface area contributed by atoms with Gasteiger partial charge in [-0.15, -0.1) is 0 Å². The Morgan fingerprint density at radius 2 is 1.83 bits per heavy atom. The van der Waals surface area contributed by atoms with Crippen molar-refractivity contribution >= 4 is 11.9 Å². The summed E-state index contributed by atoms with van der Waals surface area (Å²) in [5, 5.41) is 17.9. The molecule has 7 heteroatoms. The Kier molecular flexibility index (Phi) is 5.14. The fourth-order valence-electron chi connectivity index (χ4n) is 1.88. The molecule has 23 heavy (non-hydrogen) atoms. The van der Waals surface area contributed by atoms with Crippen molar-refractivity contribution in [3.8, 4) is 0 Å². The number of carboxylic acids is 1. The molecule has 1 aromatic carbocycles. The number of carbonyl (C=O) groups excluding carboxylic acids is 1. The molecule has 1 aromatic heterocycles. The van der Waals surface area contributed by atoms with E-state index in [1.807, 2.05) is 0 Å². The predicted octanol–water partition coefficient (Wildman–Crippen LogP) is 2.47. The number of amides is 1. The summed E-state index contributed by atoms with van der Waals surface area (Å²) in [6.07, 6.45) is 2.06. The highest BCUT2D eigenvalue weighted by Crippen LogP contribution is 2.12. The molecule has 0 unspecified atom stereocenters. The SMILES string of the molecule is O=C(O)/C(O)=C/C(=O)N(Cc1ccc(F)cc1)Cc1ccco1. The molecule has 0 spiro atoms. The van der Waals surface area contributed by atoms with Crippen LogP contribution < -0.4 is 0 Å². The maximum absolute atomic E-state index is 12.9. The smallest absolute Gasteiger partial charge is 0.371 e. The topological polar surface area (TPSA) is 91.0 Å². The first-order valence-corrected chi connectivity index (χ1v) is 6.65. The zero-order chi connectivity index (χ0) is 16.8. The minimum absolute atomic E-state index is 0.0760. The summed E-state index contributed by atoms with van der Waals surface area (Å²) >= 11 is 0. The molecule has 0 saturated carbocycles. The van der Waals surface area contributed by atoms with E-state index in [4.69, 9.17) is 9.52 Å². The van der Waals surface area contributed by atoms with Gasteiger partial charge in [0, 0.05) is 6.54 Å². The third-order valence-electron chi connectivity index (χ3n) is 3.00. The minimum atomic E-state index is -1.60. The first-order chi connectivity index (χ1) is 11.0. The van der Waals surface area contributed by atoms with Crippen molar-refractivity contribution in [2.45, 2.75) is 13.1 Å². The molecule has 2 rings (SSSR count). The molecule has 0 aliphatic rings. The van der Waals surface area contributed by atoms with E-state index in [1.165, 1.54) is 35.4 Å². The molecule has 0 radical (unpaired) electrons. The molecule has 1 amide bonds. The number of nitrogens with zero attached hydrogens (tertiary/aromatic N) is 1. The molecule has 2 N–H and O–H groups in total. The summed E-state index contributed by atoms with van der Waals surface area (Å²) in [5.74, 6) is -3.27. The van der Waals surface area contributed by atoms with Gasteiger partial charge in [0.15, 0.2) is 0 Å². The van der Waals surface area contributed by atoms with Crippen LogP contribution in [0.15, 0.2) is 58.9 Å². The summed E-state index contributed by atoms with van der Waals surface area (Å²) in [4.78, 5) is 24.1. The van der Waals surface area contributed by atoms with E-state index in [0.29, 0.717) is 17.4 Å². The van der Waals surface area contributed by atoms with Crippen molar-refractivity contribution in [3.63, 3.8) is 0 Å². The first kappa shape index (κ1) is 16.3. The Balaban J connectivity index is 2.20. The van der Waals surface area contributed by atoms with Gasteiger partial charge in [0.1, 0.15) is 11.6 Å². The number of hydrogen-bond donors (Lipinski definition) is 2. The standard InChI is InChI=1S/C16H14FNO5/c17-12-5-3-11(4-6-12)9-18(10-13-2-1-7-23-13)15(20)8-14(19)16(21)22/h1-8,19H,9-10H2,(H,21,22)/b14-8-. The molecule has 1 heterocycles. The zero-order valence-electron chi connectivity index (χ0n) is 12.0. The van der Waals surface area contributed by atoms with Gasteiger partial charge in [-0.2, -0.15) is 0 Å². The largest absolute Gasteiger partial charge is 0.502 e. The van der Waals surface area contributed by atoms with Crippen LogP contribution in [0.4, 0.5) is 4.39 Å². The predicted molar refractivity (Wildman–Crippen MR) is 77.7 cm³/mol. The van der Waals surface area contributed by atoms with Crippen molar-refractivity contribution in [1.82, 2.24) is 4.90 Å². The van der Waals surface area contributed by atoms with Crippen LogP contribution in [0.1, 0.15) is 11.3 Å². The number of benzene rings is 1. The van der Waals surface area contributed by atoms with Crippen molar-refractivity contribution in [2.75, 3.05) is 0 Å². The van der Waals surface area contributed by atoms with Crippen LogP contribution >= 0.6 is 0 Å². The van der Waals surface area contributed by atoms with E-state index in [-0.39, 0.29) is 13.1 Å². The molecule has 0 aliphatic heterocycles. The lowest BCUT2D eigenvalue weighted by molar-refractivity contribution is -0.136. The van der Waals surface area contributed by atoms with Gasteiger partial charge in [-0.3, -0.25) is 4.79 Å². The summed E-state index contributed by atoms with van der Waals surface area (Å²) in [5.41, 5.74) is 0.648. The third kappa shape index (κ3) is 4.70. The summed E-state index contributed by atoms with van der Waals surface area (Å²) in [7, 11) is 0. The minimum Gasteiger partial charge on any atom is -0.502 e. The molecular formula is C16H14FNO5. The van der Waals surface area contributed by atoms with Crippen molar-refractivity contribution in [1.29, 1.82) is 0 Å². The Morgan fingerprint density at radius 3 is 2.39 bits per heavy atom. The van der Waals surface area contributed by atoms with Crippen molar-refractivity contribution in [2.24, 2.45) is 0 Å². The third-order valence-corrected chi connectivity index (χ3v) is 3.00. The molecule has 0 aliphatic carbocycles. The van der Waals surface area contributed by atoms with Crippen molar-refractivity contribution in [3.05, 3.63) is 71.6 Å². The van der Waals surface area contributed by atoms with Crippen LogP contribution in [0, 0.1) is 5.82 Å². The van der Waals surface area contributed by atoms with Crippen LogP contribution in [0.3, 0.4) is 0 Å². The van der Waals surface area contributed by atoms with Crippen LogP contribution in [0.25, 0.3) is 0 Å². The number of aliphatic hydroxyl groups excluding tert-OH is 1. The van der Waals surface area contributed by atoms with Gasteiger partial charge in [-0.25, -0.2) is 9.18 Å². The number of halogens is 1. The fraction of sp³-hybridized carbons (Fsp3) is 0.125. The Morgan fingerprint density at radius 1 is 1.13 bits per heavy atom. The number of carboxylic acid groups (broad SMARTS) is 1. The maximum atomic E-state index is 12.9. The lowest BCUT2D eigenvalue weighted by Gasteiger charge is -2.20. The number of carbonyl (C=O) groups is 2. The number of rotatable bonds is 6. The normalized spacial score (nSPS) is 11.3. The van der Waals surface area contributed by atoms with Gasteiger partial charge in [0.25, 0.3) is 5.91 Å². The Labute approximate surface area is 131 Å². The Hall–Kier alpha value is -3.09. The molecule has 0 atom stereocenters. The van der Waals surface area contributed by atoms with Crippen LogP contribution in [0.5, 0.6) is 0 Å². The quantitative estimate of drug-likeness (QED) is 0.630. The van der Waals surface area contributed by atoms with Gasteiger partial charge < -0.3 is 19.5 Å². The molecule has 0 fully saturated rings. The molecule has 2 aromatic rings. The fourth-order valence-corrected chi connectivity index (χ4v) is 1.88. The molecule has 6 nitrogen and oxygen atoms in total. The van der Waals surface area contributed by atoms with Gasteiger partial charge >= 0.3 is 5.97 Å². The number of aliphatic carboxylic acids is 1. The lowest BCUT2D eigenvalue weighted by Crippen LogP contribution is -2.29. The molecule has 0 bridgehead atoms. The summed E-state index contributed by atoms with van der Waals surface area (Å²) < 4.78 is 18.1. The van der Waals surface area contributed by atoms with Crippen LogP contribution in [-0.4, -0.2) is 27.0 Å². The monoisotopic (exact) mass is 319 g/mol. The first-order valence-electron chi connectivity index (χ1n) is 6.65. The zero-order valence-corrected chi connectivity index (χ0v) is 12.0. The second-order valence-corrected chi connectivity index (χ2v) is 4.73. The summed E-state index contributed by atoms with van der Waals surface area (Å²) in [6.45, 7) is 0.176. The van der Waals surface area contributed by atoms with Gasteiger partial charge in [0.05, 0.1) is 18.9 Å². The number of aliphatic hydroxyl groups is 1. The highest BCUT2D eigenvalue weighted by molar-refractivity contribution is 5.95. The van der Waals surface area contributed by atoms with Gasteiger partial charge in [-0.1, -0.05) is 12.1 Å². The van der Waals surface area contributed by atoms with Gasteiger partial charge in [-0.05, 0) is 29.8 Å². The average Bonchev–Trinajstić information content (AvgIpc) is 3.01. The molecule has 0 saturated heterocycles. The number of hydrogen-bond acceptors (Lipinski definition) is 4. The molecular weight excluding hydrogens is 305 g/mol. The van der Waals surface area contributed by atoms with E-state index < -0.39 is 23.5 Å². The highest BCUT2D eigenvalue weighted by Gasteiger charge is 2.17. The Bertz CT molecular complexity index is 707. The van der Waals surface area contributed by atoms with Gasteiger partial charge in [0.2, 0.25) is 5.76 Å². The van der Waals surface area contributed by atoms with E-state index in [2.05, 4.69) is 0 Å². The maximum Gasteiger partial charge on any atom is 0.371 e. The van der Waals surface area contributed by atoms with E-state index in [1.54, 1.807) is 12.1 Å². The van der Waals surface area contributed by atoms with Crippen molar-refractivity contribution < 1.29 is 28.6 Å². The highest BCUT2D eigenvalue weighted by atomic mass is 19.1. The number of furan rings is 1. The second kappa shape index (κ2) is 7.26. The average molecular weight is 319 g/mol. The van der Waals surface area contributed by atoms with Crippen LogP contribution in [-0.2, 0) is 22.7 Å². The van der Waals surface area contributed by atoms with Crippen LogP contribution in [0.2, 0.25) is 0 Å².